The molecule has 0 aliphatic heterocycles. The van der Waals surface area contributed by atoms with E-state index in [0.717, 1.165) is 15.9 Å². The Bertz CT molecular complexity index is 816. The number of hydrazone groups is 1. The third-order valence-corrected chi connectivity index (χ3v) is 4.85. The van der Waals surface area contributed by atoms with E-state index >= 15 is 0 Å². The van der Waals surface area contributed by atoms with Crippen LogP contribution in [-0.2, 0) is 0 Å². The number of ether oxygens (including phenoxy) is 1. The van der Waals surface area contributed by atoms with Crippen molar-refractivity contribution in [2.24, 2.45) is 5.10 Å². The van der Waals surface area contributed by atoms with Gasteiger partial charge in [0.05, 0.1) is 0 Å². The van der Waals surface area contributed by atoms with E-state index in [0.29, 0.717) is 5.75 Å². The van der Waals surface area contributed by atoms with Crippen LogP contribution in [-0.4, -0.2) is 32.9 Å². The van der Waals surface area contributed by atoms with Gasteiger partial charge in [-0.3, -0.25) is 0 Å². The molecule has 2 aromatic carbocycles. The normalized spacial score (nSPS) is 10.8. The Morgan fingerprint density at radius 1 is 1.22 bits per heavy atom. The number of phenols is 1. The molecular weight excluding hydrogens is 357 g/mol. The Kier molecular flexibility index (Phi) is 4.76. The molecule has 0 fully saturated rings. The molecule has 0 amide bonds. The molecule has 1 heterocycles. The van der Waals surface area contributed by atoms with E-state index < -0.39 is 0 Å². The fourth-order valence-corrected chi connectivity index (χ4v) is 3.53. The van der Waals surface area contributed by atoms with Crippen molar-refractivity contribution in [3.63, 3.8) is 0 Å². The summed E-state index contributed by atoms with van der Waals surface area (Å²) in [5.74, 6) is 0.544. The van der Waals surface area contributed by atoms with Gasteiger partial charge in [0.25, 0.3) is 0 Å². The summed E-state index contributed by atoms with van der Waals surface area (Å²) in [6.07, 6.45) is 1.69. The second-order valence-electron chi connectivity index (χ2n) is 4.77. The quantitative estimate of drug-likeness (QED) is 0.410. The van der Waals surface area contributed by atoms with E-state index in [-0.39, 0.29) is 20.3 Å². The van der Waals surface area contributed by atoms with Gasteiger partial charge in [-0.1, -0.05) is 0 Å². The van der Waals surface area contributed by atoms with Crippen LogP contribution in [0.3, 0.4) is 0 Å². The first-order valence-electron chi connectivity index (χ1n) is 6.98. The Morgan fingerprint density at radius 2 is 2.04 bits per heavy atom. The number of nitrogens with zero attached hydrogens (tertiary/aromatic N) is 1. The van der Waals surface area contributed by atoms with Crippen LogP contribution in [0.5, 0.6) is 11.5 Å². The number of nitrogens with one attached hydrogen (secondary N) is 2. The predicted molar refractivity (Wildman–Crippen MR) is 91.2 cm³/mol. The summed E-state index contributed by atoms with van der Waals surface area (Å²) in [5.41, 5.74) is 6.14. The number of phenolic OH excluding ortho intramolecular Hbond substituents is 1. The van der Waals surface area contributed by atoms with E-state index in [9.17, 15) is 5.11 Å². The molecule has 3 aromatic rings. The van der Waals surface area contributed by atoms with E-state index in [4.69, 9.17) is 4.74 Å². The Morgan fingerprint density at radius 3 is 2.83 bits per heavy atom. The first-order valence-corrected chi connectivity index (χ1v) is 8.83. The average molecular weight is 373 g/mol. The van der Waals surface area contributed by atoms with Crippen molar-refractivity contribution in [1.29, 1.82) is 0 Å². The minimum absolute atomic E-state index is 0.115. The molecule has 116 valence electrons. The van der Waals surface area contributed by atoms with Crippen LogP contribution in [0, 0.1) is 0 Å². The van der Waals surface area contributed by atoms with E-state index in [2.05, 4.69) is 32.6 Å². The van der Waals surface area contributed by atoms with Crippen LogP contribution in [0.15, 0.2) is 58.6 Å². The summed E-state index contributed by atoms with van der Waals surface area (Å²) in [6.45, 7) is 0. The number of anilines is 1. The molecule has 0 aliphatic carbocycles. The van der Waals surface area contributed by atoms with Crippen LogP contribution in [0.1, 0.15) is 5.56 Å². The standard InChI is InChI=1S/C17H15N3O2Se/c1-22-16-9-12(7-8-15(16)21)10-18-20-17-19-14(11-23-17)13-5-3-2-4-6-13/h2-11,21H,1H3,(H,19,20)/p+1. The molecule has 23 heavy (non-hydrogen) atoms. The first kappa shape index (κ1) is 15.3. The molecule has 0 saturated heterocycles. The van der Waals surface area contributed by atoms with Gasteiger partial charge in [-0.25, -0.2) is 0 Å². The van der Waals surface area contributed by atoms with Crippen LogP contribution >= 0.6 is 0 Å². The van der Waals surface area contributed by atoms with Crippen LogP contribution < -0.4 is 15.1 Å². The third kappa shape index (κ3) is 3.80. The van der Waals surface area contributed by atoms with Crippen LogP contribution in [0.25, 0.3) is 11.3 Å². The van der Waals surface area contributed by atoms with Crippen molar-refractivity contribution in [2.45, 2.75) is 0 Å². The van der Waals surface area contributed by atoms with Crippen LogP contribution in [0.4, 0.5) is 4.69 Å². The Labute approximate surface area is 140 Å². The van der Waals surface area contributed by atoms with Crippen molar-refractivity contribution in [3.8, 4) is 22.8 Å². The van der Waals surface area contributed by atoms with Gasteiger partial charge in [0.15, 0.2) is 0 Å². The summed E-state index contributed by atoms with van der Waals surface area (Å²) < 4.78 is 6.06. The molecule has 6 heteroatoms. The molecule has 0 unspecified atom stereocenters. The number of aromatic nitrogens is 1. The molecule has 0 atom stereocenters. The van der Waals surface area contributed by atoms with Crippen LogP contribution in [0.2, 0.25) is 0 Å². The topological polar surface area (TPSA) is 68.0 Å². The predicted octanol–water partition coefficient (Wildman–Crippen LogP) is 2.38. The minimum atomic E-state index is 0.115. The van der Waals surface area contributed by atoms with Gasteiger partial charge >= 0.3 is 140 Å². The first-order chi connectivity index (χ1) is 11.3. The van der Waals surface area contributed by atoms with E-state index in [1.807, 2.05) is 18.2 Å². The molecular formula is C17H16N3O2Se+. The van der Waals surface area contributed by atoms with Gasteiger partial charge in [-0.15, -0.1) is 0 Å². The van der Waals surface area contributed by atoms with Crippen molar-refractivity contribution < 1.29 is 14.8 Å². The number of H-pyrrole nitrogens is 1. The molecule has 0 radical (unpaired) electrons. The van der Waals surface area contributed by atoms with Gasteiger partial charge in [-0.2, -0.15) is 0 Å². The number of benzene rings is 2. The van der Waals surface area contributed by atoms with Crippen molar-refractivity contribution in [3.05, 3.63) is 59.0 Å². The molecule has 0 aliphatic rings. The molecule has 3 rings (SSSR count). The fourth-order valence-electron chi connectivity index (χ4n) is 2.05. The van der Waals surface area contributed by atoms with Crippen molar-refractivity contribution >= 4 is 25.4 Å². The summed E-state index contributed by atoms with van der Waals surface area (Å²) in [4.78, 5) is 5.53. The Balaban J connectivity index is 1.68. The maximum absolute atomic E-state index is 9.57. The zero-order chi connectivity index (χ0) is 16.1. The fraction of sp³-hybridized carbons (Fsp3) is 0.0588. The van der Waals surface area contributed by atoms with Gasteiger partial charge in [0.2, 0.25) is 0 Å². The number of hydrogen-bond donors (Lipinski definition) is 2. The third-order valence-electron chi connectivity index (χ3n) is 3.21. The Hall–Kier alpha value is -2.56. The second-order valence-corrected chi connectivity index (χ2v) is 6.62. The van der Waals surface area contributed by atoms with Gasteiger partial charge in [0.1, 0.15) is 0 Å². The summed E-state index contributed by atoms with van der Waals surface area (Å²) in [5, 5.41) is 13.8. The molecule has 5 nitrogen and oxygen atoms in total. The molecule has 1 aromatic heterocycles. The molecule has 0 spiro atoms. The molecule has 3 N–H and O–H groups in total. The molecule has 0 saturated carbocycles. The number of aromatic hydroxyl groups is 1. The van der Waals surface area contributed by atoms with E-state index in [1.54, 1.807) is 24.4 Å². The molecule has 0 bridgehead atoms. The number of methoxy groups -OCH3 is 1. The number of aromatic amines is 1. The monoisotopic (exact) mass is 374 g/mol. The maximum atomic E-state index is 9.57. The van der Waals surface area contributed by atoms with Crippen molar-refractivity contribution in [1.82, 2.24) is 0 Å². The van der Waals surface area contributed by atoms with Gasteiger partial charge < -0.3 is 0 Å². The van der Waals surface area contributed by atoms with E-state index in [1.165, 1.54) is 12.7 Å². The van der Waals surface area contributed by atoms with Crippen molar-refractivity contribution in [2.75, 3.05) is 12.5 Å². The second kappa shape index (κ2) is 7.13. The van der Waals surface area contributed by atoms with Gasteiger partial charge in [-0.05, 0) is 0 Å². The zero-order valence-corrected chi connectivity index (χ0v) is 14.2. The average Bonchev–Trinajstić information content (AvgIpc) is 3.06. The SMILES string of the molecule is COc1cc(C=NNc2[nH+]c(-c3ccccc3)c[se]2)ccc1O. The van der Waals surface area contributed by atoms with Gasteiger partial charge in [0, 0.05) is 0 Å². The zero-order valence-electron chi connectivity index (χ0n) is 12.5. The number of hydrogen-bond acceptors (Lipinski definition) is 4. The number of rotatable bonds is 5. The summed E-state index contributed by atoms with van der Waals surface area (Å²) >= 11 is 0.204. The summed E-state index contributed by atoms with van der Waals surface area (Å²) in [7, 11) is 1.52. The summed E-state index contributed by atoms with van der Waals surface area (Å²) in [6, 6.07) is 15.3.